The smallest absolute Gasteiger partial charge is 0.0478 e. The van der Waals surface area contributed by atoms with E-state index >= 15 is 0 Å². The Hall–Kier alpha value is -0.540. The molecule has 3 heteroatoms. The van der Waals surface area contributed by atoms with Gasteiger partial charge in [0.1, 0.15) is 0 Å². The highest BCUT2D eigenvalue weighted by molar-refractivity contribution is 7.10. The van der Waals surface area contributed by atoms with E-state index in [0.717, 1.165) is 0 Å². The average Bonchev–Trinajstić information content (AvgIpc) is 2.46. The fourth-order valence-electron chi connectivity index (χ4n) is 1.90. The summed E-state index contributed by atoms with van der Waals surface area (Å²) >= 11 is 1.85. The van der Waals surface area contributed by atoms with Gasteiger partial charge in [-0.3, -0.25) is 0 Å². The van der Waals surface area contributed by atoms with Crippen LogP contribution < -0.4 is 4.90 Å². The fraction of sp³-hybridized carbons (Fsp3) is 0.636. The molecule has 2 heterocycles. The van der Waals surface area contributed by atoms with E-state index in [4.69, 9.17) is 0 Å². The van der Waals surface area contributed by atoms with E-state index in [1.54, 1.807) is 0 Å². The topological polar surface area (TPSA) is 6.48 Å². The molecule has 0 atom stereocenters. The molecule has 0 saturated carbocycles. The number of rotatable bonds is 1. The summed E-state index contributed by atoms with van der Waals surface area (Å²) in [5.74, 6) is 0. The van der Waals surface area contributed by atoms with Crippen LogP contribution in [0, 0.1) is 6.92 Å². The first-order valence-corrected chi connectivity index (χ1v) is 6.12. The molecule has 1 aliphatic heterocycles. The molecule has 2 nitrogen and oxygen atoms in total. The minimum Gasteiger partial charge on any atom is -0.370 e. The molecule has 0 N–H and O–H groups in total. The number of hydrogen-bond acceptors (Lipinski definition) is 3. The summed E-state index contributed by atoms with van der Waals surface area (Å²) in [7, 11) is 2.21. The van der Waals surface area contributed by atoms with Crippen molar-refractivity contribution < 1.29 is 0 Å². The Bertz CT molecular complexity index is 295. The van der Waals surface area contributed by atoms with Crippen molar-refractivity contribution in [3.63, 3.8) is 0 Å². The highest BCUT2D eigenvalue weighted by Crippen LogP contribution is 2.23. The minimum atomic E-state index is 1.17. The standard InChI is InChI=1S/C11H18N2S/c1-10-8-11(9-14-10)13-5-3-4-12(2)6-7-13/h8-9H,3-7H2,1-2H3. The molecule has 1 fully saturated rings. The van der Waals surface area contributed by atoms with Gasteiger partial charge >= 0.3 is 0 Å². The van der Waals surface area contributed by atoms with E-state index in [0.29, 0.717) is 0 Å². The highest BCUT2D eigenvalue weighted by atomic mass is 32.1. The number of anilines is 1. The van der Waals surface area contributed by atoms with Gasteiger partial charge in [0.15, 0.2) is 0 Å². The molecular weight excluding hydrogens is 192 g/mol. The third kappa shape index (κ3) is 2.28. The van der Waals surface area contributed by atoms with Crippen LogP contribution in [0.1, 0.15) is 11.3 Å². The Kier molecular flexibility index (Phi) is 3.08. The van der Waals surface area contributed by atoms with E-state index in [2.05, 4.69) is 35.2 Å². The molecule has 0 aromatic carbocycles. The van der Waals surface area contributed by atoms with Gasteiger partial charge in [0, 0.05) is 35.6 Å². The van der Waals surface area contributed by atoms with Crippen LogP contribution in [0.4, 0.5) is 5.69 Å². The summed E-state index contributed by atoms with van der Waals surface area (Å²) in [4.78, 5) is 6.34. The lowest BCUT2D eigenvalue weighted by atomic mass is 10.3. The quantitative estimate of drug-likeness (QED) is 0.701. The average molecular weight is 210 g/mol. The third-order valence-corrected chi connectivity index (χ3v) is 3.65. The van der Waals surface area contributed by atoms with Crippen LogP contribution in [0.25, 0.3) is 0 Å². The molecule has 0 radical (unpaired) electrons. The molecule has 14 heavy (non-hydrogen) atoms. The monoisotopic (exact) mass is 210 g/mol. The zero-order chi connectivity index (χ0) is 9.97. The molecule has 1 aliphatic rings. The Labute approximate surface area is 90.1 Å². The van der Waals surface area contributed by atoms with Crippen LogP contribution in [-0.4, -0.2) is 38.1 Å². The molecule has 1 saturated heterocycles. The molecular formula is C11H18N2S. The van der Waals surface area contributed by atoms with Gasteiger partial charge in [-0.25, -0.2) is 0 Å². The van der Waals surface area contributed by atoms with Gasteiger partial charge in [-0.1, -0.05) is 0 Å². The summed E-state index contributed by atoms with van der Waals surface area (Å²) in [6.45, 7) is 6.99. The lowest BCUT2D eigenvalue weighted by molar-refractivity contribution is 0.360. The predicted octanol–water partition coefficient (Wildman–Crippen LogP) is 2.20. The zero-order valence-corrected chi connectivity index (χ0v) is 9.81. The molecule has 1 aromatic heterocycles. The third-order valence-electron chi connectivity index (χ3n) is 2.80. The lowest BCUT2D eigenvalue weighted by Gasteiger charge is -2.20. The van der Waals surface area contributed by atoms with E-state index in [-0.39, 0.29) is 0 Å². The molecule has 0 unspecified atom stereocenters. The first-order chi connectivity index (χ1) is 6.75. The van der Waals surface area contributed by atoms with Crippen molar-refractivity contribution in [2.45, 2.75) is 13.3 Å². The van der Waals surface area contributed by atoms with Crippen molar-refractivity contribution in [2.75, 3.05) is 38.1 Å². The van der Waals surface area contributed by atoms with Crippen LogP contribution in [0.3, 0.4) is 0 Å². The van der Waals surface area contributed by atoms with Gasteiger partial charge in [0.05, 0.1) is 0 Å². The first-order valence-electron chi connectivity index (χ1n) is 5.24. The Morgan fingerprint density at radius 1 is 1.21 bits per heavy atom. The second kappa shape index (κ2) is 4.32. The van der Waals surface area contributed by atoms with Crippen molar-refractivity contribution in [2.24, 2.45) is 0 Å². The number of nitrogens with zero attached hydrogens (tertiary/aromatic N) is 2. The van der Waals surface area contributed by atoms with E-state index < -0.39 is 0 Å². The zero-order valence-electron chi connectivity index (χ0n) is 8.99. The molecule has 0 amide bonds. The normalized spacial score (nSPS) is 19.7. The van der Waals surface area contributed by atoms with Crippen molar-refractivity contribution in [1.29, 1.82) is 0 Å². The number of thiophene rings is 1. The molecule has 1 aromatic rings. The number of aryl methyl sites for hydroxylation is 1. The second-order valence-electron chi connectivity index (χ2n) is 4.06. The summed E-state index contributed by atoms with van der Waals surface area (Å²) in [5, 5.41) is 2.28. The van der Waals surface area contributed by atoms with Crippen LogP contribution in [-0.2, 0) is 0 Å². The molecule has 2 rings (SSSR count). The van der Waals surface area contributed by atoms with E-state index in [1.807, 2.05) is 11.3 Å². The van der Waals surface area contributed by atoms with Gasteiger partial charge < -0.3 is 9.80 Å². The van der Waals surface area contributed by atoms with Crippen LogP contribution in [0.2, 0.25) is 0 Å². The maximum Gasteiger partial charge on any atom is 0.0478 e. The summed E-state index contributed by atoms with van der Waals surface area (Å²) in [6, 6.07) is 2.30. The van der Waals surface area contributed by atoms with Gasteiger partial charge in [-0.2, -0.15) is 0 Å². The van der Waals surface area contributed by atoms with E-state index in [9.17, 15) is 0 Å². The van der Waals surface area contributed by atoms with Crippen molar-refractivity contribution in [3.05, 3.63) is 16.3 Å². The Morgan fingerprint density at radius 3 is 2.79 bits per heavy atom. The van der Waals surface area contributed by atoms with Crippen molar-refractivity contribution >= 4 is 17.0 Å². The largest absolute Gasteiger partial charge is 0.370 e. The summed E-state index contributed by atoms with van der Waals surface area (Å²) in [5.41, 5.74) is 1.42. The van der Waals surface area contributed by atoms with Crippen LogP contribution >= 0.6 is 11.3 Å². The number of hydrogen-bond donors (Lipinski definition) is 0. The SMILES string of the molecule is Cc1cc(N2CCCN(C)CC2)cs1. The number of likely N-dealkylation sites (N-methyl/N-ethyl adjacent to an activating group) is 1. The van der Waals surface area contributed by atoms with Gasteiger partial charge in [0.2, 0.25) is 0 Å². The Morgan fingerprint density at radius 2 is 2.07 bits per heavy atom. The fourth-order valence-corrected chi connectivity index (χ4v) is 2.61. The molecule has 0 bridgehead atoms. The van der Waals surface area contributed by atoms with Gasteiger partial charge in [0.25, 0.3) is 0 Å². The van der Waals surface area contributed by atoms with Crippen LogP contribution in [0.5, 0.6) is 0 Å². The highest BCUT2D eigenvalue weighted by Gasteiger charge is 2.12. The lowest BCUT2D eigenvalue weighted by Crippen LogP contribution is -2.28. The molecule has 0 spiro atoms. The van der Waals surface area contributed by atoms with Crippen molar-refractivity contribution in [3.8, 4) is 0 Å². The Balaban J connectivity index is 2.04. The van der Waals surface area contributed by atoms with Gasteiger partial charge in [-0.15, -0.1) is 11.3 Å². The molecule has 0 aliphatic carbocycles. The summed E-state index contributed by atoms with van der Waals surface area (Å²) in [6.07, 6.45) is 1.28. The first kappa shape index (κ1) is 9.99. The van der Waals surface area contributed by atoms with E-state index in [1.165, 1.54) is 43.2 Å². The van der Waals surface area contributed by atoms with Crippen LogP contribution in [0.15, 0.2) is 11.4 Å². The maximum absolute atomic E-state index is 2.51. The maximum atomic E-state index is 2.51. The second-order valence-corrected chi connectivity index (χ2v) is 5.17. The minimum absolute atomic E-state index is 1.17. The molecule has 78 valence electrons. The van der Waals surface area contributed by atoms with Crippen molar-refractivity contribution in [1.82, 2.24) is 4.90 Å². The summed E-state index contributed by atoms with van der Waals surface area (Å²) < 4.78 is 0. The van der Waals surface area contributed by atoms with Gasteiger partial charge in [-0.05, 0) is 33.0 Å². The predicted molar refractivity (Wildman–Crippen MR) is 63.4 cm³/mol.